The minimum absolute atomic E-state index is 0.247. The third-order valence-corrected chi connectivity index (χ3v) is 7.17. The van der Waals surface area contributed by atoms with E-state index in [-0.39, 0.29) is 15.6 Å². The van der Waals surface area contributed by atoms with Crippen molar-refractivity contribution < 1.29 is 31.5 Å². The molecular weight excluding hydrogens is 501 g/mol. The van der Waals surface area contributed by atoms with Gasteiger partial charge in [-0.3, -0.25) is 9.52 Å². The maximum absolute atomic E-state index is 12.9. The van der Waals surface area contributed by atoms with E-state index >= 15 is 0 Å². The van der Waals surface area contributed by atoms with E-state index in [2.05, 4.69) is 4.72 Å². The topological polar surface area (TPSA) is 95.5 Å². The van der Waals surface area contributed by atoms with E-state index in [0.717, 1.165) is 41.5 Å². The molecule has 6 nitrogen and oxygen atoms in total. The van der Waals surface area contributed by atoms with E-state index in [1.54, 1.807) is 23.9 Å². The smallest absolute Gasteiger partial charge is 0.373 e. The summed E-state index contributed by atoms with van der Waals surface area (Å²) in [5, 5.41) is 11.0. The highest BCUT2D eigenvalue weighted by atomic mass is 35.5. The van der Waals surface area contributed by atoms with Crippen molar-refractivity contribution in [1.82, 2.24) is 0 Å². The fraction of sp³-hybridized carbons (Fsp3) is 0.381. The zero-order valence-corrected chi connectivity index (χ0v) is 20.5. The van der Waals surface area contributed by atoms with Crippen molar-refractivity contribution in [2.45, 2.75) is 43.4 Å². The normalized spacial score (nSPS) is 13.9. The van der Waals surface area contributed by atoms with Gasteiger partial charge in [0.05, 0.1) is 21.3 Å². The van der Waals surface area contributed by atoms with Gasteiger partial charge in [-0.1, -0.05) is 29.3 Å². The lowest BCUT2D eigenvalue weighted by Crippen LogP contribution is -2.52. The lowest BCUT2D eigenvalue weighted by atomic mass is 10.1. The monoisotopic (exact) mass is 524 g/mol. The number of thioether (sulfide) groups is 1. The molecule has 0 unspecified atom stereocenters. The van der Waals surface area contributed by atoms with Gasteiger partial charge in [-0.2, -0.15) is 24.9 Å². The second-order valence-electron chi connectivity index (χ2n) is 7.53. The molecule has 12 heteroatoms. The van der Waals surface area contributed by atoms with Crippen LogP contribution < -0.4 is 10.0 Å². The van der Waals surface area contributed by atoms with Gasteiger partial charge >= 0.3 is 6.18 Å². The minimum atomic E-state index is -5.21. The van der Waals surface area contributed by atoms with Gasteiger partial charge in [-0.05, 0) is 68.5 Å². The summed E-state index contributed by atoms with van der Waals surface area (Å²) in [4.78, 5) is 11.6. The number of aliphatic hydroxyl groups is 1. The van der Waals surface area contributed by atoms with Gasteiger partial charge in [0.25, 0.3) is 15.9 Å². The summed E-state index contributed by atoms with van der Waals surface area (Å²) in [6.45, 7) is 2.20. The van der Waals surface area contributed by atoms with E-state index in [1.807, 2.05) is 24.6 Å². The van der Waals surface area contributed by atoms with Crippen molar-refractivity contribution >= 4 is 50.7 Å². The van der Waals surface area contributed by atoms with Gasteiger partial charge in [-0.15, -0.1) is 0 Å². The summed E-state index contributed by atoms with van der Waals surface area (Å²) in [6, 6.07) is 8.48. The van der Waals surface area contributed by atoms with Crippen molar-refractivity contribution in [2.75, 3.05) is 22.0 Å². The average molecular weight is 525 g/mol. The number of rotatable bonds is 9. The summed E-state index contributed by atoms with van der Waals surface area (Å²) in [7, 11) is -4.08. The van der Waals surface area contributed by atoms with Crippen molar-refractivity contribution in [2.24, 2.45) is 0 Å². The number of carbonyl (C=O) groups excluding carboxylic acids is 1. The second-order valence-corrected chi connectivity index (χ2v) is 10.6. The molecule has 0 aliphatic heterocycles. The number of alkyl halides is 3. The first-order chi connectivity index (χ1) is 15.2. The maximum Gasteiger partial charge on any atom is 0.426 e. The zero-order chi connectivity index (χ0) is 25.0. The molecule has 0 bridgehead atoms. The fourth-order valence-electron chi connectivity index (χ4n) is 2.78. The summed E-state index contributed by atoms with van der Waals surface area (Å²) in [5.74, 6) is -0.829. The van der Waals surface area contributed by atoms with Crippen LogP contribution in [0.5, 0.6) is 0 Å². The zero-order valence-electron chi connectivity index (χ0n) is 18.1. The third kappa shape index (κ3) is 6.78. The maximum atomic E-state index is 12.9. The molecule has 0 aliphatic carbocycles. The molecule has 0 heterocycles. The van der Waals surface area contributed by atoms with E-state index < -0.39 is 27.7 Å². The molecule has 2 rings (SSSR count). The summed E-state index contributed by atoms with van der Waals surface area (Å²) in [6.07, 6.45) is -1.69. The first-order valence-corrected chi connectivity index (χ1v) is 13.0. The first kappa shape index (κ1) is 27.3. The summed E-state index contributed by atoms with van der Waals surface area (Å²) >= 11 is 7.70. The Balaban J connectivity index is 2.26. The van der Waals surface area contributed by atoms with Crippen molar-refractivity contribution in [3.63, 3.8) is 0 Å². The Labute approximate surface area is 200 Å². The van der Waals surface area contributed by atoms with Crippen LogP contribution in [0.1, 0.15) is 24.5 Å². The van der Waals surface area contributed by atoms with Crippen LogP contribution in [0.25, 0.3) is 0 Å². The van der Waals surface area contributed by atoms with Gasteiger partial charge in [0.1, 0.15) is 0 Å². The van der Waals surface area contributed by atoms with E-state index in [9.17, 15) is 31.5 Å². The number of anilines is 2. The largest absolute Gasteiger partial charge is 0.426 e. The molecular formula is C21H24ClF3N2O4S2. The molecule has 3 N–H and O–H groups in total. The molecule has 1 amide bonds. The van der Waals surface area contributed by atoms with Crippen molar-refractivity contribution in [3.8, 4) is 0 Å². The number of halogens is 4. The Hall–Kier alpha value is -1.95. The highest BCUT2D eigenvalue weighted by Gasteiger charge is 2.55. The molecule has 0 saturated heterocycles. The van der Waals surface area contributed by atoms with Crippen LogP contribution in [0, 0.1) is 6.92 Å². The number of hydrogen-bond donors (Lipinski definition) is 3. The second kappa shape index (κ2) is 10.5. The molecule has 0 spiro atoms. The number of nitrogens with one attached hydrogen (secondary N) is 2. The summed E-state index contributed by atoms with van der Waals surface area (Å²) < 4.78 is 66.8. The number of sulfonamides is 1. The number of amides is 1. The highest BCUT2D eigenvalue weighted by Crippen LogP contribution is 2.33. The molecule has 0 aliphatic rings. The predicted octanol–water partition coefficient (Wildman–Crippen LogP) is 5.00. The summed E-state index contributed by atoms with van der Waals surface area (Å²) in [5.41, 5.74) is -1.71. The van der Waals surface area contributed by atoms with Gasteiger partial charge < -0.3 is 10.4 Å². The molecule has 1 atom stereocenters. The molecule has 2 aromatic carbocycles. The Morgan fingerprint density at radius 2 is 1.79 bits per heavy atom. The lowest BCUT2D eigenvalue weighted by Gasteiger charge is -2.25. The van der Waals surface area contributed by atoms with Crippen LogP contribution in [0.2, 0.25) is 5.02 Å². The van der Waals surface area contributed by atoms with E-state index in [1.165, 1.54) is 0 Å². The lowest BCUT2D eigenvalue weighted by molar-refractivity contribution is -0.242. The van der Waals surface area contributed by atoms with Crippen LogP contribution >= 0.6 is 23.4 Å². The van der Waals surface area contributed by atoms with E-state index in [0.29, 0.717) is 19.0 Å². The molecule has 182 valence electrons. The average Bonchev–Trinajstić information content (AvgIpc) is 2.70. The van der Waals surface area contributed by atoms with Gasteiger partial charge in [0.2, 0.25) is 5.60 Å². The number of carbonyl (C=O) groups is 1. The van der Waals surface area contributed by atoms with Crippen LogP contribution in [-0.4, -0.2) is 43.2 Å². The van der Waals surface area contributed by atoms with Crippen molar-refractivity contribution in [1.29, 1.82) is 0 Å². The highest BCUT2D eigenvalue weighted by molar-refractivity contribution is 7.98. The Morgan fingerprint density at radius 3 is 2.36 bits per heavy atom. The van der Waals surface area contributed by atoms with Crippen molar-refractivity contribution in [3.05, 3.63) is 52.5 Å². The fourth-order valence-corrected chi connectivity index (χ4v) is 4.63. The van der Waals surface area contributed by atoms with Gasteiger partial charge in [0.15, 0.2) is 0 Å². The Bertz CT molecular complexity index is 1120. The van der Waals surface area contributed by atoms with Crippen LogP contribution in [0.3, 0.4) is 0 Å². The SMILES string of the molecule is CSCCCc1cc(C)ccc1NS(=O)(=O)c1ccc(NC(=O)[C@@](C)(O)C(F)(F)F)c(Cl)c1. The molecule has 0 radical (unpaired) electrons. The first-order valence-electron chi connectivity index (χ1n) is 9.70. The van der Waals surface area contributed by atoms with E-state index in [4.69, 9.17) is 11.6 Å². The number of hydrogen-bond acceptors (Lipinski definition) is 5. The Kier molecular flexibility index (Phi) is 8.72. The van der Waals surface area contributed by atoms with Crippen LogP contribution in [0.15, 0.2) is 41.3 Å². The standard InChI is InChI=1S/C21H24ClF3N2O4S2/c1-13-6-8-17(14(11-13)5-4-10-32-3)27-33(30,31)15-7-9-18(16(22)12-15)26-19(28)20(2,29)21(23,24)25/h6-9,11-12,27,29H,4-5,10H2,1-3H3,(H,26,28)/t20-/m1/s1. The molecule has 2 aromatic rings. The number of aryl methyl sites for hydroxylation is 2. The molecule has 0 saturated carbocycles. The minimum Gasteiger partial charge on any atom is -0.373 e. The van der Waals surface area contributed by atoms with Gasteiger partial charge in [-0.25, -0.2) is 8.42 Å². The number of benzene rings is 2. The van der Waals surface area contributed by atoms with Gasteiger partial charge in [0, 0.05) is 0 Å². The third-order valence-electron chi connectivity index (χ3n) is 4.79. The van der Waals surface area contributed by atoms with Crippen LogP contribution in [-0.2, 0) is 21.2 Å². The van der Waals surface area contributed by atoms with Crippen LogP contribution in [0.4, 0.5) is 24.5 Å². The molecule has 0 aromatic heterocycles. The predicted molar refractivity (Wildman–Crippen MR) is 125 cm³/mol. The molecule has 33 heavy (non-hydrogen) atoms. The quantitative estimate of drug-likeness (QED) is 0.401. The Morgan fingerprint density at radius 1 is 1.15 bits per heavy atom. The molecule has 0 fully saturated rings.